The molecule has 1 atom stereocenters. The van der Waals surface area contributed by atoms with Crippen LogP contribution in [-0.2, 0) is 0 Å². The van der Waals surface area contributed by atoms with Crippen LogP contribution in [0.15, 0.2) is 58.3 Å². The van der Waals surface area contributed by atoms with Gasteiger partial charge in [-0.25, -0.2) is 4.98 Å². The number of aliphatic imine (C=N–C) groups is 1. The fourth-order valence-electron chi connectivity index (χ4n) is 5.24. The molecule has 2 aliphatic rings. The fourth-order valence-corrected chi connectivity index (χ4v) is 5.74. The average molecular weight is 593 g/mol. The molecule has 0 spiro atoms. The Bertz CT molecular complexity index is 1770. The first-order valence-electron chi connectivity index (χ1n) is 13.2. The van der Waals surface area contributed by atoms with Gasteiger partial charge in [0, 0.05) is 23.8 Å². The van der Waals surface area contributed by atoms with Gasteiger partial charge < -0.3 is 19.1 Å². The molecule has 0 N–H and O–H groups in total. The van der Waals surface area contributed by atoms with Gasteiger partial charge in [-0.2, -0.15) is 0 Å². The largest absolute Gasteiger partial charge is 0.493 e. The van der Waals surface area contributed by atoms with E-state index in [0.717, 1.165) is 19.4 Å². The summed E-state index contributed by atoms with van der Waals surface area (Å²) in [6.07, 6.45) is 3.71. The molecular formula is C30H26Cl2N4O5. The van der Waals surface area contributed by atoms with Crippen LogP contribution in [0.25, 0.3) is 16.6 Å². The van der Waals surface area contributed by atoms with Crippen LogP contribution in [0.5, 0.6) is 17.2 Å². The average Bonchev–Trinajstić information content (AvgIpc) is 3.39. The highest BCUT2D eigenvalue weighted by molar-refractivity contribution is 6.35. The summed E-state index contributed by atoms with van der Waals surface area (Å²) in [5.74, 6) is 1.84. The maximum Gasteiger partial charge on any atom is 0.266 e. The Balaban J connectivity index is 1.19. The molecule has 1 fully saturated rings. The second-order valence-corrected chi connectivity index (χ2v) is 10.6. The third-order valence-corrected chi connectivity index (χ3v) is 7.76. The Kier molecular flexibility index (Phi) is 7.32. The minimum Gasteiger partial charge on any atom is -0.493 e. The van der Waals surface area contributed by atoms with Crippen molar-refractivity contribution in [3.05, 3.63) is 80.3 Å². The highest BCUT2D eigenvalue weighted by Gasteiger charge is 2.32. The molecule has 11 heteroatoms. The molecular weight excluding hydrogens is 567 g/mol. The minimum absolute atomic E-state index is 0.0204. The van der Waals surface area contributed by atoms with Crippen LogP contribution < -0.4 is 19.8 Å². The lowest BCUT2D eigenvalue weighted by atomic mass is 10.1. The number of benzene rings is 3. The Morgan fingerprint density at radius 1 is 1.00 bits per heavy atom. The van der Waals surface area contributed by atoms with Crippen molar-refractivity contribution in [2.45, 2.75) is 25.8 Å². The van der Waals surface area contributed by atoms with E-state index in [9.17, 15) is 9.59 Å². The number of aromatic nitrogens is 2. The third kappa shape index (κ3) is 5.11. The number of hydrogen-bond donors (Lipinski definition) is 0. The molecule has 41 heavy (non-hydrogen) atoms. The maximum atomic E-state index is 13.5. The number of rotatable bonds is 7. The molecule has 2 aliphatic heterocycles. The Hall–Kier alpha value is -4.08. The molecule has 9 nitrogen and oxygen atoms in total. The summed E-state index contributed by atoms with van der Waals surface area (Å²) < 4.78 is 18.8. The molecule has 210 valence electrons. The summed E-state index contributed by atoms with van der Waals surface area (Å²) in [7, 11) is 1.53. The summed E-state index contributed by atoms with van der Waals surface area (Å²) in [4.78, 5) is 37.5. The summed E-state index contributed by atoms with van der Waals surface area (Å²) in [6.45, 7) is 2.85. The summed E-state index contributed by atoms with van der Waals surface area (Å²) in [5.41, 5.74) is 1.81. The van der Waals surface area contributed by atoms with Gasteiger partial charge in [0.15, 0.2) is 11.5 Å². The van der Waals surface area contributed by atoms with Gasteiger partial charge >= 0.3 is 0 Å². The number of aryl methyl sites for hydroxylation is 1. The van der Waals surface area contributed by atoms with E-state index in [4.69, 9.17) is 37.4 Å². The van der Waals surface area contributed by atoms with Crippen molar-refractivity contribution < 1.29 is 19.0 Å². The first kappa shape index (κ1) is 27.1. The Morgan fingerprint density at radius 2 is 1.83 bits per heavy atom. The number of carbonyl (C=O) groups excluding carboxylic acids is 1. The van der Waals surface area contributed by atoms with E-state index in [0.29, 0.717) is 61.0 Å². The SMILES string of the molecule is COc1cc2c(cc1OCCOc1ccc3nc(C)n(-c4ccc(Cl)cc4Cl)c(=O)c3c1)N=C[C@@H]1CCCN1C2=O. The molecule has 3 aromatic carbocycles. The van der Waals surface area contributed by atoms with E-state index in [1.807, 2.05) is 11.1 Å². The van der Waals surface area contributed by atoms with Crippen molar-refractivity contribution in [2.24, 2.45) is 4.99 Å². The van der Waals surface area contributed by atoms with Crippen molar-refractivity contribution in [1.29, 1.82) is 0 Å². The van der Waals surface area contributed by atoms with Crippen molar-refractivity contribution >= 4 is 51.9 Å². The lowest BCUT2D eigenvalue weighted by Gasteiger charge is -2.20. The number of nitrogens with zero attached hydrogens (tertiary/aromatic N) is 4. The second-order valence-electron chi connectivity index (χ2n) is 9.78. The molecule has 0 bridgehead atoms. The van der Waals surface area contributed by atoms with Crippen molar-refractivity contribution in [1.82, 2.24) is 14.5 Å². The van der Waals surface area contributed by atoms with Gasteiger partial charge in [0.25, 0.3) is 11.5 Å². The molecule has 1 aromatic heterocycles. The van der Waals surface area contributed by atoms with Gasteiger partial charge in [-0.1, -0.05) is 23.2 Å². The topological polar surface area (TPSA) is 95.2 Å². The van der Waals surface area contributed by atoms with E-state index < -0.39 is 0 Å². The highest BCUT2D eigenvalue weighted by Crippen LogP contribution is 2.38. The molecule has 0 aliphatic carbocycles. The molecule has 3 heterocycles. The van der Waals surface area contributed by atoms with Crippen LogP contribution in [0.1, 0.15) is 29.0 Å². The quantitative estimate of drug-likeness (QED) is 0.252. The predicted molar refractivity (Wildman–Crippen MR) is 158 cm³/mol. The highest BCUT2D eigenvalue weighted by atomic mass is 35.5. The minimum atomic E-state index is -0.274. The summed E-state index contributed by atoms with van der Waals surface area (Å²) in [6, 6.07) is 13.5. The monoisotopic (exact) mass is 592 g/mol. The van der Waals surface area contributed by atoms with Gasteiger partial charge in [-0.3, -0.25) is 19.1 Å². The zero-order chi connectivity index (χ0) is 28.7. The first-order chi connectivity index (χ1) is 19.8. The van der Waals surface area contributed by atoms with Gasteiger partial charge in [-0.05, 0) is 62.2 Å². The number of ether oxygens (including phenoxy) is 3. The fraction of sp³-hybridized carbons (Fsp3) is 0.267. The van der Waals surface area contributed by atoms with E-state index in [1.165, 1.54) is 11.7 Å². The van der Waals surface area contributed by atoms with Crippen LogP contribution >= 0.6 is 23.2 Å². The summed E-state index contributed by atoms with van der Waals surface area (Å²) in [5, 5.41) is 1.20. The lowest BCUT2D eigenvalue weighted by molar-refractivity contribution is 0.0774. The number of carbonyl (C=O) groups is 1. The van der Waals surface area contributed by atoms with Gasteiger partial charge in [0.05, 0.1) is 46.0 Å². The maximum absolute atomic E-state index is 13.5. The molecule has 6 rings (SSSR count). The number of hydrogen-bond acceptors (Lipinski definition) is 7. The lowest BCUT2D eigenvalue weighted by Crippen LogP contribution is -2.35. The molecule has 0 radical (unpaired) electrons. The number of methoxy groups -OCH3 is 1. The van der Waals surface area contributed by atoms with Crippen molar-refractivity contribution in [2.75, 3.05) is 26.9 Å². The zero-order valence-corrected chi connectivity index (χ0v) is 23.9. The second kappa shape index (κ2) is 11.1. The van der Waals surface area contributed by atoms with Gasteiger partial charge in [0.2, 0.25) is 0 Å². The smallest absolute Gasteiger partial charge is 0.266 e. The number of fused-ring (bicyclic) bond motifs is 3. The van der Waals surface area contributed by atoms with Crippen LogP contribution in [0.3, 0.4) is 0 Å². The van der Waals surface area contributed by atoms with Gasteiger partial charge in [-0.15, -0.1) is 0 Å². The van der Waals surface area contributed by atoms with Crippen molar-refractivity contribution in [3.63, 3.8) is 0 Å². The van der Waals surface area contributed by atoms with Crippen LogP contribution in [0.2, 0.25) is 10.0 Å². The normalized spacial score (nSPS) is 16.0. The van der Waals surface area contributed by atoms with E-state index >= 15 is 0 Å². The Morgan fingerprint density at radius 3 is 2.63 bits per heavy atom. The van der Waals surface area contributed by atoms with Crippen LogP contribution in [-0.4, -0.2) is 59.5 Å². The molecule has 4 aromatic rings. The number of halogens is 2. The zero-order valence-electron chi connectivity index (χ0n) is 22.4. The van der Waals surface area contributed by atoms with Crippen molar-refractivity contribution in [3.8, 4) is 22.9 Å². The van der Waals surface area contributed by atoms with Crippen LogP contribution in [0.4, 0.5) is 5.69 Å². The van der Waals surface area contributed by atoms with E-state index in [1.54, 1.807) is 55.5 Å². The predicted octanol–water partition coefficient (Wildman–Crippen LogP) is 5.79. The molecule has 0 saturated carbocycles. The van der Waals surface area contributed by atoms with E-state index in [-0.39, 0.29) is 30.7 Å². The first-order valence-corrected chi connectivity index (χ1v) is 13.9. The number of amides is 1. The molecule has 1 amide bonds. The molecule has 1 saturated heterocycles. The molecule has 0 unspecified atom stereocenters. The Labute approximate surface area is 245 Å². The van der Waals surface area contributed by atoms with E-state index in [2.05, 4.69) is 9.98 Å². The standard InChI is InChI=1S/C30H26Cl2N4O5/c1-17-34-24-7-6-20(13-21(24)30(38)36(17)26-8-5-18(31)12-23(26)32)40-10-11-41-28-15-25-22(14-27(28)39-2)29(37)35-9-3-4-19(35)16-33-25/h5-8,12-16,19H,3-4,9-11H2,1-2H3/t19-/m0/s1. The van der Waals surface area contributed by atoms with Crippen LogP contribution in [0, 0.1) is 6.92 Å². The summed E-state index contributed by atoms with van der Waals surface area (Å²) >= 11 is 12.4. The van der Waals surface area contributed by atoms with Gasteiger partial charge in [0.1, 0.15) is 24.8 Å². The third-order valence-electron chi connectivity index (χ3n) is 7.23.